The molecule has 2 N–H and O–H groups in total. The van der Waals surface area contributed by atoms with Gasteiger partial charge in [-0.15, -0.1) is 24.0 Å². The molecule has 0 bridgehead atoms. The average molecular weight is 477 g/mol. The molecule has 1 aromatic carbocycles. The van der Waals surface area contributed by atoms with Crippen molar-refractivity contribution < 1.29 is 9.47 Å². The first kappa shape index (κ1) is 25.0. The number of benzene rings is 1. The monoisotopic (exact) mass is 477 g/mol. The van der Waals surface area contributed by atoms with Crippen molar-refractivity contribution in [3.63, 3.8) is 0 Å². The van der Waals surface area contributed by atoms with Gasteiger partial charge in [-0.2, -0.15) is 0 Å². The topological polar surface area (TPSA) is 54.9 Å². The van der Waals surface area contributed by atoms with E-state index < -0.39 is 0 Å². The highest BCUT2D eigenvalue weighted by molar-refractivity contribution is 14.0. The van der Waals surface area contributed by atoms with Crippen molar-refractivity contribution in [3.8, 4) is 5.75 Å². The third-order valence-corrected chi connectivity index (χ3v) is 3.75. The van der Waals surface area contributed by atoms with Gasteiger partial charge in [-0.05, 0) is 50.3 Å². The summed E-state index contributed by atoms with van der Waals surface area (Å²) in [6.07, 6.45) is 2.13. The number of nitrogens with zero attached hydrogens (tertiary/aromatic N) is 1. The van der Waals surface area contributed by atoms with Gasteiger partial charge in [0.15, 0.2) is 5.96 Å². The molecule has 0 heterocycles. The van der Waals surface area contributed by atoms with Crippen molar-refractivity contribution in [1.82, 2.24) is 10.6 Å². The van der Waals surface area contributed by atoms with E-state index in [1.165, 1.54) is 5.56 Å². The quantitative estimate of drug-likeness (QED) is 0.215. The highest BCUT2D eigenvalue weighted by atomic mass is 127. The Kier molecular flexibility index (Phi) is 14.5. The van der Waals surface area contributed by atoms with Gasteiger partial charge < -0.3 is 20.1 Å². The highest BCUT2D eigenvalue weighted by Gasteiger charge is 2.08. The zero-order valence-corrected chi connectivity index (χ0v) is 19.2. The van der Waals surface area contributed by atoms with Crippen molar-refractivity contribution in [3.05, 3.63) is 29.8 Å². The minimum absolute atomic E-state index is 0. The third-order valence-electron chi connectivity index (χ3n) is 3.75. The summed E-state index contributed by atoms with van der Waals surface area (Å²) in [5.41, 5.74) is 1.20. The summed E-state index contributed by atoms with van der Waals surface area (Å²) in [5, 5.41) is 6.77. The first-order valence-corrected chi connectivity index (χ1v) is 9.34. The number of ether oxygens (including phenoxy) is 2. The fourth-order valence-electron chi connectivity index (χ4n) is 2.28. The van der Waals surface area contributed by atoms with Crippen LogP contribution in [0.4, 0.5) is 0 Å². The lowest BCUT2D eigenvalue weighted by atomic mass is 10.1. The molecule has 0 aliphatic heterocycles. The first-order valence-electron chi connectivity index (χ1n) is 9.34. The number of rotatable bonds is 11. The number of halogens is 1. The van der Waals surface area contributed by atoms with Crippen LogP contribution in [0.3, 0.4) is 0 Å². The molecule has 0 saturated heterocycles. The summed E-state index contributed by atoms with van der Waals surface area (Å²) < 4.78 is 11.1. The Morgan fingerprint density at radius 2 is 1.81 bits per heavy atom. The Morgan fingerprint density at radius 1 is 1.12 bits per heavy atom. The molecule has 0 spiro atoms. The van der Waals surface area contributed by atoms with Crippen LogP contribution in [0, 0.1) is 5.92 Å². The van der Waals surface area contributed by atoms with Crippen LogP contribution in [0.2, 0.25) is 0 Å². The molecule has 0 saturated carbocycles. The predicted molar refractivity (Wildman–Crippen MR) is 121 cm³/mol. The average Bonchev–Trinajstić information content (AvgIpc) is 2.62. The van der Waals surface area contributed by atoms with Crippen molar-refractivity contribution in [2.75, 3.05) is 33.4 Å². The second kappa shape index (κ2) is 15.1. The number of hydrogen-bond donors (Lipinski definition) is 2. The standard InChI is InChI=1S/C20H35N3O2.HI/c1-6-24-14-8-7-13-22-20(21-5)23-17(4)18-9-11-19(12-10-18)25-15-16(2)3;/h9-12,16-17H,6-8,13-15H2,1-5H3,(H2,21,22,23);1H. The molecular weight excluding hydrogens is 441 g/mol. The molecule has 1 unspecified atom stereocenters. The maximum atomic E-state index is 5.73. The Morgan fingerprint density at radius 3 is 2.38 bits per heavy atom. The molecule has 6 heteroatoms. The molecular formula is C20H36IN3O2. The maximum Gasteiger partial charge on any atom is 0.191 e. The second-order valence-corrected chi connectivity index (χ2v) is 6.54. The van der Waals surface area contributed by atoms with Crippen LogP contribution in [-0.4, -0.2) is 39.4 Å². The molecule has 0 fully saturated rings. The summed E-state index contributed by atoms with van der Waals surface area (Å²) in [6.45, 7) is 11.7. The van der Waals surface area contributed by atoms with Gasteiger partial charge in [0.1, 0.15) is 5.75 Å². The van der Waals surface area contributed by atoms with Crippen molar-refractivity contribution >= 4 is 29.9 Å². The van der Waals surface area contributed by atoms with Crippen molar-refractivity contribution in [1.29, 1.82) is 0 Å². The summed E-state index contributed by atoms with van der Waals surface area (Å²) in [4.78, 5) is 4.29. The molecule has 150 valence electrons. The van der Waals surface area contributed by atoms with E-state index >= 15 is 0 Å². The van der Waals surface area contributed by atoms with Crippen LogP contribution in [0.5, 0.6) is 5.75 Å². The molecule has 1 rings (SSSR count). The van der Waals surface area contributed by atoms with Crippen molar-refractivity contribution in [2.24, 2.45) is 10.9 Å². The lowest BCUT2D eigenvalue weighted by molar-refractivity contribution is 0.143. The SMILES string of the molecule is CCOCCCCNC(=NC)NC(C)c1ccc(OCC(C)C)cc1.I. The molecule has 0 amide bonds. The van der Waals surface area contributed by atoms with Gasteiger partial charge in [-0.25, -0.2) is 0 Å². The van der Waals surface area contributed by atoms with E-state index in [9.17, 15) is 0 Å². The minimum Gasteiger partial charge on any atom is -0.493 e. The lowest BCUT2D eigenvalue weighted by Crippen LogP contribution is -2.39. The number of aliphatic imine (C=N–C) groups is 1. The van der Waals surface area contributed by atoms with Crippen LogP contribution in [0.15, 0.2) is 29.3 Å². The van der Waals surface area contributed by atoms with E-state index in [2.05, 4.69) is 48.5 Å². The Bertz CT molecular complexity index is 492. The molecule has 1 aromatic rings. The molecule has 0 aliphatic carbocycles. The first-order chi connectivity index (χ1) is 12.1. The third kappa shape index (κ3) is 10.9. The number of nitrogens with one attached hydrogen (secondary N) is 2. The fraction of sp³-hybridized carbons (Fsp3) is 0.650. The zero-order valence-electron chi connectivity index (χ0n) is 16.9. The normalized spacial score (nSPS) is 12.5. The summed E-state index contributed by atoms with van der Waals surface area (Å²) in [7, 11) is 1.80. The van der Waals surface area contributed by atoms with Gasteiger partial charge in [0.25, 0.3) is 0 Å². The van der Waals surface area contributed by atoms with Gasteiger partial charge in [0.2, 0.25) is 0 Å². The Hall–Kier alpha value is -1.02. The summed E-state index contributed by atoms with van der Waals surface area (Å²) in [5.74, 6) is 2.27. The molecule has 5 nitrogen and oxygen atoms in total. The Balaban J connectivity index is 0.00000625. The van der Waals surface area contributed by atoms with E-state index in [0.29, 0.717) is 5.92 Å². The smallest absolute Gasteiger partial charge is 0.191 e. The molecule has 0 radical (unpaired) electrons. The van der Waals surface area contributed by atoms with Crippen molar-refractivity contribution in [2.45, 2.75) is 46.6 Å². The van der Waals surface area contributed by atoms with Crippen LogP contribution in [0.25, 0.3) is 0 Å². The predicted octanol–water partition coefficient (Wildman–Crippen LogP) is 4.38. The van der Waals surface area contributed by atoms with Crippen LogP contribution in [0.1, 0.15) is 52.1 Å². The molecule has 1 atom stereocenters. The Labute approximate surface area is 176 Å². The van der Waals surface area contributed by atoms with Gasteiger partial charge in [-0.1, -0.05) is 26.0 Å². The molecule has 26 heavy (non-hydrogen) atoms. The maximum absolute atomic E-state index is 5.73. The van der Waals surface area contributed by atoms with Gasteiger partial charge >= 0.3 is 0 Å². The van der Waals surface area contributed by atoms with E-state index in [0.717, 1.165) is 50.9 Å². The van der Waals surface area contributed by atoms with Crippen LogP contribution in [-0.2, 0) is 4.74 Å². The van der Waals surface area contributed by atoms with E-state index in [1.807, 2.05) is 19.1 Å². The van der Waals surface area contributed by atoms with Crippen LogP contribution >= 0.6 is 24.0 Å². The van der Waals surface area contributed by atoms with E-state index in [4.69, 9.17) is 9.47 Å². The van der Waals surface area contributed by atoms with Crippen LogP contribution < -0.4 is 15.4 Å². The zero-order chi connectivity index (χ0) is 18.5. The van der Waals surface area contributed by atoms with Gasteiger partial charge in [0, 0.05) is 26.8 Å². The number of hydrogen-bond acceptors (Lipinski definition) is 3. The summed E-state index contributed by atoms with van der Waals surface area (Å²) in [6, 6.07) is 8.43. The number of unbranched alkanes of at least 4 members (excludes halogenated alkanes) is 1. The fourth-order valence-corrected chi connectivity index (χ4v) is 2.28. The largest absolute Gasteiger partial charge is 0.493 e. The van der Waals surface area contributed by atoms with Gasteiger partial charge in [0.05, 0.1) is 12.6 Å². The van der Waals surface area contributed by atoms with E-state index in [1.54, 1.807) is 7.05 Å². The minimum atomic E-state index is 0. The van der Waals surface area contributed by atoms with E-state index in [-0.39, 0.29) is 30.0 Å². The highest BCUT2D eigenvalue weighted by Crippen LogP contribution is 2.18. The molecule has 0 aromatic heterocycles. The lowest BCUT2D eigenvalue weighted by Gasteiger charge is -2.19. The summed E-state index contributed by atoms with van der Waals surface area (Å²) >= 11 is 0. The number of guanidine groups is 1. The second-order valence-electron chi connectivity index (χ2n) is 6.54. The molecule has 0 aliphatic rings. The van der Waals surface area contributed by atoms with Gasteiger partial charge in [-0.3, -0.25) is 4.99 Å².